The number of aromatic hydroxyl groups is 1. The number of amides is 5. The summed E-state index contributed by atoms with van der Waals surface area (Å²) < 4.78 is 14.0. The molecule has 3 N–H and O–H groups in total. The first-order valence-corrected chi connectivity index (χ1v) is 23.0. The topological polar surface area (TPSA) is 196 Å². The molecular formula is C50H64N8O9. The van der Waals surface area contributed by atoms with E-state index >= 15 is 0 Å². The Kier molecular flexibility index (Phi) is 14.4. The summed E-state index contributed by atoms with van der Waals surface area (Å²) in [4.78, 5) is 90.0. The normalized spacial score (nSPS) is 19.9. The molecule has 5 amide bonds. The smallest absolute Gasteiger partial charge is 0.324 e. The highest BCUT2D eigenvalue weighted by atomic mass is 16.5. The molecule has 17 heteroatoms. The van der Waals surface area contributed by atoms with Crippen LogP contribution in [0.5, 0.6) is 5.75 Å². The van der Waals surface area contributed by atoms with Gasteiger partial charge in [0.05, 0.1) is 32.0 Å². The molecule has 4 aromatic rings. The number of esters is 1. The molecule has 0 aliphatic carbocycles. The number of phenols is 1. The Balaban J connectivity index is 1.27. The van der Waals surface area contributed by atoms with Gasteiger partial charge in [-0.05, 0) is 90.3 Å². The van der Waals surface area contributed by atoms with Crippen molar-refractivity contribution in [3.05, 3.63) is 71.5 Å². The maximum Gasteiger partial charge on any atom is 0.324 e. The fraction of sp³-hybridized carbons (Fsp3) is 0.500. The molecule has 6 bridgehead atoms. The van der Waals surface area contributed by atoms with Crippen LogP contribution in [0.1, 0.15) is 71.1 Å². The molecule has 2 unspecified atom stereocenters. The number of aromatic nitrogens is 2. The van der Waals surface area contributed by atoms with E-state index in [0.717, 1.165) is 38.9 Å². The summed E-state index contributed by atoms with van der Waals surface area (Å²) in [5.41, 5.74) is 9.55. The van der Waals surface area contributed by atoms with Gasteiger partial charge in [0.15, 0.2) is 0 Å². The van der Waals surface area contributed by atoms with E-state index in [2.05, 4.69) is 53.2 Å². The van der Waals surface area contributed by atoms with E-state index in [1.807, 2.05) is 24.4 Å². The Bertz CT molecular complexity index is 2570. The molecule has 2 aromatic heterocycles. The second kappa shape index (κ2) is 19.9. The number of cyclic esters (lactones) is 1. The Morgan fingerprint density at radius 2 is 1.84 bits per heavy atom. The average molecular weight is 921 g/mol. The van der Waals surface area contributed by atoms with E-state index in [1.54, 1.807) is 39.3 Å². The number of aryl methyl sites for hydroxylation is 1. The van der Waals surface area contributed by atoms with E-state index in [1.165, 1.54) is 40.7 Å². The molecule has 7 rings (SSSR count). The number of pyridine rings is 1. The largest absolute Gasteiger partial charge is 0.508 e. The van der Waals surface area contributed by atoms with Crippen molar-refractivity contribution in [3.63, 3.8) is 0 Å². The van der Waals surface area contributed by atoms with E-state index in [-0.39, 0.29) is 50.2 Å². The second-order valence-corrected chi connectivity index (χ2v) is 19.3. The highest BCUT2D eigenvalue weighted by Crippen LogP contribution is 2.41. The van der Waals surface area contributed by atoms with Crippen molar-refractivity contribution in [1.29, 1.82) is 0 Å². The van der Waals surface area contributed by atoms with Crippen LogP contribution >= 0.6 is 0 Å². The minimum atomic E-state index is -1.21. The molecule has 4 atom stereocenters. The summed E-state index contributed by atoms with van der Waals surface area (Å²) >= 11 is 0. The first-order chi connectivity index (χ1) is 31.8. The fourth-order valence-corrected chi connectivity index (χ4v) is 9.61. The number of methoxy groups -OCH3 is 1. The molecule has 17 nitrogen and oxygen atoms in total. The Morgan fingerprint density at radius 1 is 1.07 bits per heavy atom. The molecule has 3 aliphatic rings. The van der Waals surface area contributed by atoms with Gasteiger partial charge in [0.25, 0.3) is 5.91 Å². The highest BCUT2D eigenvalue weighted by molar-refractivity contribution is 5.97. The third-order valence-electron chi connectivity index (χ3n) is 13.1. The van der Waals surface area contributed by atoms with E-state index in [9.17, 15) is 33.9 Å². The third kappa shape index (κ3) is 10.5. The quantitative estimate of drug-likeness (QED) is 0.145. The van der Waals surface area contributed by atoms with Crippen molar-refractivity contribution >= 4 is 46.4 Å². The molecule has 5 heterocycles. The molecule has 0 spiro atoms. The first-order valence-electron chi connectivity index (χ1n) is 23.0. The molecular weight excluding hydrogens is 857 g/mol. The lowest BCUT2D eigenvalue weighted by Gasteiger charge is -2.37. The summed E-state index contributed by atoms with van der Waals surface area (Å²) in [5.74, 6) is -3.18. The Labute approximate surface area is 391 Å². The SMILES string of the molecule is CCn1c(-c2cnccc2COC)c2c3cc(ccc31)-c1cc(O)cc(c1)C[C@H](NC(=O)C(C(C)C)N(C)C(=O)CN(C)C(=O)C1CN1C(C)=O)C(=O)N1CCC[C@H](N1)C(=O)OCC(C)(C)C2. The predicted octanol–water partition coefficient (Wildman–Crippen LogP) is 4.06. The minimum Gasteiger partial charge on any atom is -0.508 e. The Morgan fingerprint density at radius 3 is 2.52 bits per heavy atom. The zero-order valence-electron chi connectivity index (χ0n) is 40.1. The van der Waals surface area contributed by atoms with Gasteiger partial charge >= 0.3 is 5.97 Å². The van der Waals surface area contributed by atoms with Crippen molar-refractivity contribution < 1.29 is 43.3 Å². The zero-order chi connectivity index (χ0) is 48.5. The number of hydrazine groups is 1. The van der Waals surface area contributed by atoms with Gasteiger partial charge in [-0.3, -0.25) is 38.8 Å². The maximum absolute atomic E-state index is 14.7. The minimum absolute atomic E-state index is 0.0344. The summed E-state index contributed by atoms with van der Waals surface area (Å²) in [6, 6.07) is 9.55. The van der Waals surface area contributed by atoms with Crippen LogP contribution in [-0.4, -0.2) is 141 Å². The van der Waals surface area contributed by atoms with Crippen LogP contribution in [-0.2, 0) is 64.2 Å². The van der Waals surface area contributed by atoms with Crippen molar-refractivity contribution in [2.75, 3.05) is 47.4 Å². The Hall–Kier alpha value is -6.33. The standard InChI is InChI=1S/C50H64N8O9/c1-10-56-41-14-13-32-22-36(41)37(45(56)38-24-51-16-15-33(38)27-66-9)23-50(5,6)28-67-49(65)39-12-11-17-58(53-39)47(63)40(20-31-18-34(32)21-35(60)19-31)52-46(62)44(29(2)3)55(8)43(61)26-54(7)48(64)42-25-57(42)30(4)59/h13-16,18-19,21-22,24,29,39-40,42,44,53,60H,10-12,17,20,23,25-28H2,1-9H3,(H,52,62)/t39-,40-,42?,44?,57?/m0/s1. The number of phenolic OH excluding ortho intramolecular Hbond substituents is 1. The van der Waals surface area contributed by atoms with Gasteiger partial charge in [0, 0.05) is 81.9 Å². The van der Waals surface area contributed by atoms with Crippen molar-refractivity contribution in [1.82, 2.24) is 40.0 Å². The summed E-state index contributed by atoms with van der Waals surface area (Å²) in [6.07, 6.45) is 5.01. The number of ether oxygens (including phenoxy) is 2. The summed E-state index contributed by atoms with van der Waals surface area (Å²) in [7, 11) is 4.62. The number of hydrogen-bond acceptors (Lipinski definition) is 11. The highest BCUT2D eigenvalue weighted by Gasteiger charge is 2.45. The lowest BCUT2D eigenvalue weighted by molar-refractivity contribution is -0.155. The van der Waals surface area contributed by atoms with Gasteiger partial charge in [-0.15, -0.1) is 0 Å². The number of nitrogens with one attached hydrogen (secondary N) is 2. The predicted molar refractivity (Wildman–Crippen MR) is 251 cm³/mol. The molecule has 358 valence electrons. The van der Waals surface area contributed by atoms with Gasteiger partial charge in [0.1, 0.15) is 29.9 Å². The summed E-state index contributed by atoms with van der Waals surface area (Å²) in [6.45, 7) is 12.5. The molecule has 67 heavy (non-hydrogen) atoms. The lowest BCUT2D eigenvalue weighted by Crippen LogP contribution is -2.62. The number of carbonyl (C=O) groups is 6. The lowest BCUT2D eigenvalue weighted by atomic mass is 9.84. The van der Waals surface area contributed by atoms with Crippen LogP contribution < -0.4 is 10.7 Å². The number of fused-ring (bicyclic) bond motifs is 6. The number of nitrogens with zero attached hydrogens (tertiary/aromatic N) is 6. The van der Waals surface area contributed by atoms with Crippen LogP contribution in [0, 0.1) is 11.3 Å². The molecule has 0 saturated carbocycles. The van der Waals surface area contributed by atoms with Crippen LogP contribution in [0.3, 0.4) is 0 Å². The monoisotopic (exact) mass is 920 g/mol. The third-order valence-corrected chi connectivity index (χ3v) is 13.1. The van der Waals surface area contributed by atoms with Gasteiger partial charge in [-0.1, -0.05) is 39.8 Å². The van der Waals surface area contributed by atoms with E-state index < -0.39 is 59.2 Å². The zero-order valence-corrected chi connectivity index (χ0v) is 40.1. The van der Waals surface area contributed by atoms with Gasteiger partial charge in [0.2, 0.25) is 23.6 Å². The number of likely N-dealkylation sites (N-methyl/N-ethyl adjacent to an activating group) is 2. The van der Waals surface area contributed by atoms with Crippen molar-refractivity contribution in [2.24, 2.45) is 11.3 Å². The van der Waals surface area contributed by atoms with Gasteiger partial charge in [-0.2, -0.15) is 0 Å². The molecule has 2 fully saturated rings. The van der Waals surface area contributed by atoms with Crippen LogP contribution in [0.15, 0.2) is 54.9 Å². The summed E-state index contributed by atoms with van der Waals surface area (Å²) in [5, 5.41) is 16.6. The molecule has 2 saturated heterocycles. The van der Waals surface area contributed by atoms with E-state index in [0.29, 0.717) is 43.5 Å². The van der Waals surface area contributed by atoms with E-state index in [4.69, 9.17) is 9.47 Å². The number of rotatable bonds is 11. The van der Waals surface area contributed by atoms with Gasteiger partial charge < -0.3 is 39.2 Å². The number of carbonyl (C=O) groups excluding carboxylic acids is 6. The number of benzene rings is 2. The van der Waals surface area contributed by atoms with Crippen molar-refractivity contribution in [3.8, 4) is 28.1 Å². The van der Waals surface area contributed by atoms with Crippen LogP contribution in [0.25, 0.3) is 33.3 Å². The van der Waals surface area contributed by atoms with Crippen LogP contribution in [0.2, 0.25) is 0 Å². The van der Waals surface area contributed by atoms with Crippen LogP contribution in [0.4, 0.5) is 0 Å². The number of hydrogen-bond donors (Lipinski definition) is 3. The molecule has 3 aliphatic heterocycles. The first kappa shape index (κ1) is 48.6. The fourth-order valence-electron chi connectivity index (χ4n) is 9.61. The van der Waals surface area contributed by atoms with Gasteiger partial charge in [-0.25, -0.2) is 5.43 Å². The van der Waals surface area contributed by atoms with Crippen molar-refractivity contribution in [2.45, 2.75) is 105 Å². The maximum atomic E-state index is 14.7. The molecule has 2 aromatic carbocycles. The second-order valence-electron chi connectivity index (χ2n) is 19.3. The molecule has 0 radical (unpaired) electrons. The average Bonchev–Trinajstić information content (AvgIpc) is 4.05.